The smallest absolute Gasteiger partial charge is 0.332 e. The molecule has 0 aliphatic carbocycles. The van der Waals surface area contributed by atoms with Crippen LogP contribution >= 0.6 is 0 Å². The molecule has 1 atom stereocenters. The lowest BCUT2D eigenvalue weighted by Crippen LogP contribution is -2.31. The Hall–Kier alpha value is -2.08. The van der Waals surface area contributed by atoms with Gasteiger partial charge in [0.25, 0.3) is 0 Å². The number of carbonyl (C=O) groups is 2. The fourth-order valence-electron chi connectivity index (χ4n) is 1.31. The zero-order valence-corrected chi connectivity index (χ0v) is 10.9. The second kappa shape index (κ2) is 7.38. The van der Waals surface area contributed by atoms with Crippen molar-refractivity contribution in [3.05, 3.63) is 29.8 Å². The molecule has 1 aromatic rings. The second-order valence-corrected chi connectivity index (χ2v) is 3.92. The Morgan fingerprint density at radius 3 is 2.79 bits per heavy atom. The molecule has 0 aliphatic rings. The molecule has 0 bridgehead atoms. The largest absolute Gasteiger partial charge is 0.497 e. The molecule has 1 unspecified atom stereocenters. The molecule has 1 amide bonds. The highest BCUT2D eigenvalue weighted by Gasteiger charge is 2.12. The molecular formula is C13H17NO5. The zero-order valence-electron chi connectivity index (χ0n) is 10.9. The molecule has 1 aromatic carbocycles. The van der Waals surface area contributed by atoms with Crippen molar-refractivity contribution in [1.29, 1.82) is 0 Å². The molecule has 104 valence electrons. The van der Waals surface area contributed by atoms with Gasteiger partial charge >= 0.3 is 5.97 Å². The first kappa shape index (κ1) is 15.0. The van der Waals surface area contributed by atoms with E-state index in [-0.39, 0.29) is 12.5 Å². The predicted octanol–water partition coefficient (Wildman–Crippen LogP) is 0.801. The summed E-state index contributed by atoms with van der Waals surface area (Å²) in [5.41, 5.74) is 0.888. The molecule has 0 heterocycles. The number of benzene rings is 1. The van der Waals surface area contributed by atoms with Gasteiger partial charge in [-0.1, -0.05) is 12.1 Å². The number of ether oxygens (including phenoxy) is 2. The SMILES string of the molecule is COc1cccc(CNC(=O)COC(C)C(=O)O)c1. The quantitative estimate of drug-likeness (QED) is 0.763. The summed E-state index contributed by atoms with van der Waals surface area (Å²) in [6, 6.07) is 7.29. The van der Waals surface area contributed by atoms with Gasteiger partial charge in [-0.3, -0.25) is 4.79 Å². The number of rotatable bonds is 7. The predicted molar refractivity (Wildman–Crippen MR) is 67.9 cm³/mol. The van der Waals surface area contributed by atoms with Gasteiger partial charge in [0.1, 0.15) is 12.4 Å². The Bertz CT molecular complexity index is 446. The number of carboxylic acid groups (broad SMARTS) is 1. The molecule has 6 nitrogen and oxygen atoms in total. The fourth-order valence-corrected chi connectivity index (χ4v) is 1.31. The number of hydrogen-bond acceptors (Lipinski definition) is 4. The van der Waals surface area contributed by atoms with Gasteiger partial charge in [-0.15, -0.1) is 0 Å². The summed E-state index contributed by atoms with van der Waals surface area (Å²) in [5, 5.41) is 11.2. The van der Waals surface area contributed by atoms with Crippen LogP contribution in [0.3, 0.4) is 0 Å². The lowest BCUT2D eigenvalue weighted by molar-refractivity contribution is -0.150. The number of aliphatic carboxylic acids is 1. The summed E-state index contributed by atoms with van der Waals surface area (Å²) in [5.74, 6) is -0.751. The topological polar surface area (TPSA) is 84.9 Å². The highest BCUT2D eigenvalue weighted by molar-refractivity contribution is 5.78. The van der Waals surface area contributed by atoms with E-state index < -0.39 is 12.1 Å². The molecule has 0 saturated heterocycles. The van der Waals surface area contributed by atoms with Crippen molar-refractivity contribution >= 4 is 11.9 Å². The first-order chi connectivity index (χ1) is 9.02. The first-order valence-corrected chi connectivity index (χ1v) is 5.77. The third kappa shape index (κ3) is 5.39. The van der Waals surface area contributed by atoms with Gasteiger partial charge in [0.15, 0.2) is 6.10 Å². The van der Waals surface area contributed by atoms with E-state index in [0.717, 1.165) is 5.56 Å². The Morgan fingerprint density at radius 2 is 2.16 bits per heavy atom. The van der Waals surface area contributed by atoms with Gasteiger partial charge in [0.2, 0.25) is 5.91 Å². The molecule has 0 fully saturated rings. The third-order valence-electron chi connectivity index (χ3n) is 2.44. The van der Waals surface area contributed by atoms with Gasteiger partial charge in [-0.25, -0.2) is 4.79 Å². The third-order valence-corrected chi connectivity index (χ3v) is 2.44. The van der Waals surface area contributed by atoms with Gasteiger partial charge in [-0.05, 0) is 24.6 Å². The van der Waals surface area contributed by atoms with E-state index in [1.54, 1.807) is 13.2 Å². The molecular weight excluding hydrogens is 250 g/mol. The molecule has 0 radical (unpaired) electrons. The average molecular weight is 267 g/mol. The van der Waals surface area contributed by atoms with Crippen LogP contribution in [0.4, 0.5) is 0 Å². The van der Waals surface area contributed by atoms with Gasteiger partial charge in [0.05, 0.1) is 7.11 Å². The Morgan fingerprint density at radius 1 is 1.42 bits per heavy atom. The molecule has 6 heteroatoms. The maximum Gasteiger partial charge on any atom is 0.332 e. The Kier molecular flexibility index (Phi) is 5.81. The van der Waals surface area contributed by atoms with Crippen LogP contribution in [0.15, 0.2) is 24.3 Å². The zero-order chi connectivity index (χ0) is 14.3. The summed E-state index contributed by atoms with van der Waals surface area (Å²) in [4.78, 5) is 21.9. The Balaban J connectivity index is 2.35. The van der Waals surface area contributed by atoms with Crippen molar-refractivity contribution in [2.75, 3.05) is 13.7 Å². The molecule has 0 spiro atoms. The molecule has 19 heavy (non-hydrogen) atoms. The molecule has 1 rings (SSSR count). The monoisotopic (exact) mass is 267 g/mol. The van der Waals surface area contributed by atoms with Crippen LogP contribution in [0.25, 0.3) is 0 Å². The number of amides is 1. The number of carbonyl (C=O) groups excluding carboxylic acids is 1. The van der Waals surface area contributed by atoms with E-state index >= 15 is 0 Å². The van der Waals surface area contributed by atoms with Crippen molar-refractivity contribution < 1.29 is 24.2 Å². The van der Waals surface area contributed by atoms with E-state index in [4.69, 9.17) is 14.6 Å². The van der Waals surface area contributed by atoms with Gasteiger partial charge in [0, 0.05) is 6.54 Å². The molecule has 2 N–H and O–H groups in total. The summed E-state index contributed by atoms with van der Waals surface area (Å²) in [7, 11) is 1.57. The minimum atomic E-state index is -1.10. The number of carboxylic acids is 1. The minimum absolute atomic E-state index is 0.280. The summed E-state index contributed by atoms with van der Waals surface area (Å²) >= 11 is 0. The fraction of sp³-hybridized carbons (Fsp3) is 0.385. The van der Waals surface area contributed by atoms with Gasteiger partial charge in [-0.2, -0.15) is 0 Å². The number of hydrogen-bond donors (Lipinski definition) is 2. The van der Waals surface area contributed by atoms with Crippen LogP contribution in [0.2, 0.25) is 0 Å². The maximum absolute atomic E-state index is 11.4. The van der Waals surface area contributed by atoms with Crippen LogP contribution in [-0.2, 0) is 20.9 Å². The van der Waals surface area contributed by atoms with Crippen molar-refractivity contribution in [3.63, 3.8) is 0 Å². The molecule has 0 saturated carbocycles. The molecule has 0 aromatic heterocycles. The van der Waals surface area contributed by atoms with Crippen LogP contribution < -0.4 is 10.1 Å². The highest BCUT2D eigenvalue weighted by atomic mass is 16.5. The summed E-state index contributed by atoms with van der Waals surface area (Å²) in [6.45, 7) is 1.43. The molecule has 0 aliphatic heterocycles. The van der Waals surface area contributed by atoms with E-state index in [1.165, 1.54) is 6.92 Å². The van der Waals surface area contributed by atoms with Crippen molar-refractivity contribution in [2.24, 2.45) is 0 Å². The minimum Gasteiger partial charge on any atom is -0.497 e. The Labute approximate surface area is 111 Å². The number of methoxy groups -OCH3 is 1. The standard InChI is InChI=1S/C13H17NO5/c1-9(13(16)17)19-8-12(15)14-7-10-4-3-5-11(6-10)18-2/h3-6,9H,7-8H2,1-2H3,(H,14,15)(H,16,17). The van der Waals surface area contributed by atoms with E-state index in [9.17, 15) is 9.59 Å². The van der Waals surface area contributed by atoms with Crippen LogP contribution in [0.5, 0.6) is 5.75 Å². The lowest BCUT2D eigenvalue weighted by atomic mass is 10.2. The van der Waals surface area contributed by atoms with E-state index in [1.807, 2.05) is 18.2 Å². The number of nitrogens with one attached hydrogen (secondary N) is 1. The van der Waals surface area contributed by atoms with Crippen LogP contribution in [0, 0.1) is 0 Å². The van der Waals surface area contributed by atoms with Crippen molar-refractivity contribution in [2.45, 2.75) is 19.6 Å². The van der Waals surface area contributed by atoms with E-state index in [0.29, 0.717) is 12.3 Å². The average Bonchev–Trinajstić information content (AvgIpc) is 2.42. The maximum atomic E-state index is 11.4. The lowest BCUT2D eigenvalue weighted by Gasteiger charge is -2.09. The van der Waals surface area contributed by atoms with Crippen molar-refractivity contribution in [1.82, 2.24) is 5.32 Å². The van der Waals surface area contributed by atoms with Crippen LogP contribution in [0.1, 0.15) is 12.5 Å². The summed E-state index contributed by atoms with van der Waals surface area (Å²) < 4.78 is 9.93. The second-order valence-electron chi connectivity index (χ2n) is 3.92. The van der Waals surface area contributed by atoms with Gasteiger partial charge < -0.3 is 19.9 Å². The first-order valence-electron chi connectivity index (χ1n) is 5.77. The van der Waals surface area contributed by atoms with Crippen LogP contribution in [-0.4, -0.2) is 36.8 Å². The summed E-state index contributed by atoms with van der Waals surface area (Å²) in [6.07, 6.45) is -0.998. The highest BCUT2D eigenvalue weighted by Crippen LogP contribution is 2.11. The normalized spacial score (nSPS) is 11.7. The van der Waals surface area contributed by atoms with Crippen molar-refractivity contribution in [3.8, 4) is 5.75 Å². The van der Waals surface area contributed by atoms with E-state index in [2.05, 4.69) is 5.32 Å².